The molecule has 0 bridgehead atoms. The highest BCUT2D eigenvalue weighted by Crippen LogP contribution is 2.15. The highest BCUT2D eigenvalue weighted by molar-refractivity contribution is 7.85. The highest BCUT2D eigenvalue weighted by atomic mass is 32.2. The second-order valence-electron chi connectivity index (χ2n) is 4.32. The maximum Gasteiger partial charge on any atom is 0.150 e. The Morgan fingerprint density at radius 3 is 2.23 bits per heavy atom. The van der Waals surface area contributed by atoms with Crippen molar-refractivity contribution in [3.8, 4) is 0 Å². The van der Waals surface area contributed by atoms with E-state index in [1.165, 1.54) is 0 Å². The fourth-order valence-electron chi connectivity index (χ4n) is 0.740. The van der Waals surface area contributed by atoms with Crippen LogP contribution in [0.1, 0.15) is 40.5 Å². The van der Waals surface area contributed by atoms with E-state index in [9.17, 15) is 9.00 Å². The molecule has 3 heteroatoms. The lowest BCUT2D eigenvalue weighted by Crippen LogP contribution is -2.26. The van der Waals surface area contributed by atoms with Gasteiger partial charge in [-0.3, -0.25) is 9.00 Å². The molecule has 0 rings (SSSR count). The van der Waals surface area contributed by atoms with Crippen LogP contribution in [0.15, 0.2) is 0 Å². The summed E-state index contributed by atoms with van der Waals surface area (Å²) in [5, 5.41) is 0. The van der Waals surface area contributed by atoms with Crippen molar-refractivity contribution in [2.24, 2.45) is 5.41 Å². The third kappa shape index (κ3) is 5.97. The van der Waals surface area contributed by atoms with Crippen LogP contribution < -0.4 is 0 Å². The lowest BCUT2D eigenvalue weighted by atomic mass is 9.92. The zero-order valence-corrected chi connectivity index (χ0v) is 9.87. The van der Waals surface area contributed by atoms with Gasteiger partial charge in [0.2, 0.25) is 0 Å². The number of hydrogen-bond acceptors (Lipinski definition) is 2. The predicted molar refractivity (Wildman–Crippen MR) is 57.2 cm³/mol. The quantitative estimate of drug-likeness (QED) is 0.687. The average molecular weight is 204 g/mol. The number of carbonyl (C=O) groups excluding carboxylic acids is 1. The minimum Gasteiger partial charge on any atom is -0.298 e. The molecule has 0 aliphatic heterocycles. The molecule has 0 aliphatic carbocycles. The average Bonchev–Trinajstić information content (AvgIpc) is 1.99. The largest absolute Gasteiger partial charge is 0.298 e. The van der Waals surface area contributed by atoms with Crippen LogP contribution in [-0.4, -0.2) is 21.5 Å². The molecule has 0 spiro atoms. The van der Waals surface area contributed by atoms with E-state index in [2.05, 4.69) is 6.92 Å². The van der Waals surface area contributed by atoms with Crippen molar-refractivity contribution in [2.45, 2.75) is 40.5 Å². The Hall–Kier alpha value is -0.180. The van der Waals surface area contributed by atoms with E-state index < -0.39 is 10.8 Å². The fourth-order valence-corrected chi connectivity index (χ4v) is 2.22. The monoisotopic (exact) mass is 204 g/mol. The molecular formula is C10H20O2S. The maximum absolute atomic E-state index is 11.4. The first-order chi connectivity index (χ1) is 5.88. The van der Waals surface area contributed by atoms with E-state index in [1.54, 1.807) is 0 Å². The van der Waals surface area contributed by atoms with Gasteiger partial charge in [0.05, 0.1) is 5.75 Å². The second-order valence-corrected chi connectivity index (χ2v) is 5.89. The Labute approximate surface area is 83.6 Å². The van der Waals surface area contributed by atoms with Crippen LogP contribution in [0.3, 0.4) is 0 Å². The first-order valence-corrected chi connectivity index (χ1v) is 6.25. The van der Waals surface area contributed by atoms with Gasteiger partial charge in [0.1, 0.15) is 0 Å². The standard InChI is InChI=1S/C10H20O2S/c1-5-6-7-13(12)8-9(11)10(2,3)4/h5-8H2,1-4H3. The van der Waals surface area contributed by atoms with Crippen LogP contribution in [0.4, 0.5) is 0 Å². The first kappa shape index (κ1) is 12.8. The summed E-state index contributed by atoms with van der Waals surface area (Å²) in [6.45, 7) is 7.66. The van der Waals surface area contributed by atoms with Gasteiger partial charge in [-0.2, -0.15) is 0 Å². The number of ketones is 1. The molecule has 0 fully saturated rings. The highest BCUT2D eigenvalue weighted by Gasteiger charge is 2.22. The van der Waals surface area contributed by atoms with E-state index >= 15 is 0 Å². The van der Waals surface area contributed by atoms with Gasteiger partial charge >= 0.3 is 0 Å². The summed E-state index contributed by atoms with van der Waals surface area (Å²) >= 11 is 0. The lowest BCUT2D eigenvalue weighted by molar-refractivity contribution is -0.123. The molecule has 0 saturated carbocycles. The molecule has 1 unspecified atom stereocenters. The van der Waals surface area contributed by atoms with Crippen LogP contribution in [0.5, 0.6) is 0 Å². The normalized spacial score (nSPS) is 14.2. The third-order valence-corrected chi connectivity index (χ3v) is 3.18. The zero-order chi connectivity index (χ0) is 10.5. The van der Waals surface area contributed by atoms with E-state index in [4.69, 9.17) is 0 Å². The Morgan fingerprint density at radius 1 is 1.31 bits per heavy atom. The molecule has 0 aromatic carbocycles. The second kappa shape index (κ2) is 5.53. The third-order valence-electron chi connectivity index (χ3n) is 1.85. The van der Waals surface area contributed by atoms with E-state index in [-0.39, 0.29) is 17.0 Å². The van der Waals surface area contributed by atoms with Crippen molar-refractivity contribution in [1.82, 2.24) is 0 Å². The molecular weight excluding hydrogens is 184 g/mol. The number of rotatable bonds is 5. The minimum atomic E-state index is -0.946. The number of Topliss-reactive ketones (excluding diaryl/α,β-unsaturated/α-hetero) is 1. The molecule has 0 radical (unpaired) electrons. The van der Waals surface area contributed by atoms with Crippen LogP contribution in [-0.2, 0) is 15.6 Å². The molecule has 78 valence electrons. The molecule has 0 aromatic rings. The smallest absolute Gasteiger partial charge is 0.150 e. The Kier molecular flexibility index (Phi) is 5.45. The maximum atomic E-state index is 11.4. The van der Waals surface area contributed by atoms with Crippen molar-refractivity contribution in [3.63, 3.8) is 0 Å². The van der Waals surface area contributed by atoms with Gasteiger partial charge in [0, 0.05) is 22.0 Å². The summed E-state index contributed by atoms with van der Waals surface area (Å²) < 4.78 is 11.3. The van der Waals surface area contributed by atoms with E-state index in [1.807, 2.05) is 20.8 Å². The molecule has 0 aliphatic rings. The SMILES string of the molecule is CCCCS(=O)CC(=O)C(C)(C)C. The summed E-state index contributed by atoms with van der Waals surface area (Å²) in [7, 11) is -0.946. The fraction of sp³-hybridized carbons (Fsp3) is 0.900. The zero-order valence-electron chi connectivity index (χ0n) is 9.05. The van der Waals surface area contributed by atoms with Crippen molar-refractivity contribution in [2.75, 3.05) is 11.5 Å². The molecule has 0 saturated heterocycles. The Morgan fingerprint density at radius 2 is 1.85 bits per heavy atom. The van der Waals surface area contributed by atoms with E-state index in [0.717, 1.165) is 12.8 Å². The Bertz CT molecular complexity index is 192. The predicted octanol–water partition coefficient (Wildman–Crippen LogP) is 2.15. The van der Waals surface area contributed by atoms with Gasteiger partial charge < -0.3 is 0 Å². The Balaban J connectivity index is 3.86. The van der Waals surface area contributed by atoms with Gasteiger partial charge in [0.25, 0.3) is 0 Å². The van der Waals surface area contributed by atoms with Crippen molar-refractivity contribution >= 4 is 16.6 Å². The number of hydrogen-bond donors (Lipinski definition) is 0. The molecule has 0 heterocycles. The lowest BCUT2D eigenvalue weighted by Gasteiger charge is -2.15. The summed E-state index contributed by atoms with van der Waals surface area (Å²) in [5.74, 6) is 0.990. The van der Waals surface area contributed by atoms with Crippen LogP contribution in [0.25, 0.3) is 0 Å². The number of carbonyl (C=O) groups is 1. The molecule has 13 heavy (non-hydrogen) atoms. The molecule has 0 amide bonds. The summed E-state index contributed by atoms with van der Waals surface area (Å²) in [6, 6.07) is 0. The van der Waals surface area contributed by atoms with Crippen molar-refractivity contribution < 1.29 is 9.00 Å². The van der Waals surface area contributed by atoms with Gasteiger partial charge in [-0.15, -0.1) is 0 Å². The van der Waals surface area contributed by atoms with Gasteiger partial charge in [-0.25, -0.2) is 0 Å². The van der Waals surface area contributed by atoms with Gasteiger partial charge in [0.15, 0.2) is 5.78 Å². The number of unbranched alkanes of at least 4 members (excludes halogenated alkanes) is 1. The van der Waals surface area contributed by atoms with Crippen molar-refractivity contribution in [1.29, 1.82) is 0 Å². The summed E-state index contributed by atoms with van der Waals surface area (Å²) in [6.07, 6.45) is 1.99. The minimum absolute atomic E-state index is 0.0990. The van der Waals surface area contributed by atoms with Crippen LogP contribution in [0, 0.1) is 5.41 Å². The van der Waals surface area contributed by atoms with Crippen LogP contribution in [0.2, 0.25) is 0 Å². The van der Waals surface area contributed by atoms with Crippen LogP contribution >= 0.6 is 0 Å². The van der Waals surface area contributed by atoms with Gasteiger partial charge in [-0.1, -0.05) is 34.1 Å². The van der Waals surface area contributed by atoms with Crippen molar-refractivity contribution in [3.05, 3.63) is 0 Å². The first-order valence-electron chi connectivity index (χ1n) is 4.76. The molecule has 2 nitrogen and oxygen atoms in total. The van der Waals surface area contributed by atoms with E-state index in [0.29, 0.717) is 5.75 Å². The summed E-state index contributed by atoms with van der Waals surface area (Å²) in [5.41, 5.74) is -0.345. The molecule has 0 N–H and O–H groups in total. The topological polar surface area (TPSA) is 34.1 Å². The molecule has 1 atom stereocenters. The molecule has 0 aromatic heterocycles. The summed E-state index contributed by atoms with van der Waals surface area (Å²) in [4.78, 5) is 11.4. The van der Waals surface area contributed by atoms with Gasteiger partial charge in [-0.05, 0) is 6.42 Å².